The van der Waals surface area contributed by atoms with Crippen molar-refractivity contribution in [3.05, 3.63) is 29.2 Å². The largest absolute Gasteiger partial charge is 0.310 e. The number of anilines is 1. The second kappa shape index (κ2) is 6.91. The molecule has 0 atom stereocenters. The number of nitrogens with one attached hydrogen (secondary N) is 1. The van der Waals surface area contributed by atoms with E-state index in [1.165, 1.54) is 18.0 Å². The van der Waals surface area contributed by atoms with Gasteiger partial charge in [0.2, 0.25) is 5.91 Å². The Labute approximate surface area is 132 Å². The summed E-state index contributed by atoms with van der Waals surface area (Å²) in [6.45, 7) is 6.00. The van der Waals surface area contributed by atoms with Gasteiger partial charge < -0.3 is 9.88 Å². The average Bonchev–Trinajstić information content (AvgIpc) is 2.80. The smallest absolute Gasteiger partial charge is 0.236 e. The summed E-state index contributed by atoms with van der Waals surface area (Å²) in [5.41, 5.74) is 0. The predicted molar refractivity (Wildman–Crippen MR) is 83.7 cm³/mol. The van der Waals surface area contributed by atoms with Crippen LogP contribution in [0, 0.1) is 6.92 Å². The normalized spacial score (nSPS) is 10.9. The van der Waals surface area contributed by atoms with Gasteiger partial charge in [-0.05, 0) is 32.9 Å². The van der Waals surface area contributed by atoms with E-state index in [1.54, 1.807) is 12.1 Å². The number of amides is 1. The van der Waals surface area contributed by atoms with E-state index >= 15 is 0 Å². The maximum Gasteiger partial charge on any atom is 0.236 e. The molecule has 2 aromatic heterocycles. The molecule has 1 amide bonds. The van der Waals surface area contributed by atoms with Crippen molar-refractivity contribution >= 4 is 35.1 Å². The molecule has 0 saturated carbocycles. The molecule has 1 N–H and O–H groups in total. The topological polar surface area (TPSA) is 72.7 Å². The third-order valence-electron chi connectivity index (χ3n) is 2.68. The Bertz CT molecular complexity index is 626. The van der Waals surface area contributed by atoms with E-state index in [0.29, 0.717) is 10.8 Å². The van der Waals surface area contributed by atoms with Crippen LogP contribution in [0.25, 0.3) is 0 Å². The van der Waals surface area contributed by atoms with Crippen molar-refractivity contribution in [2.45, 2.75) is 32.0 Å². The second-order valence-corrected chi connectivity index (χ2v) is 6.07. The Kier molecular flexibility index (Phi) is 5.19. The lowest BCUT2D eigenvalue weighted by Gasteiger charge is -2.11. The lowest BCUT2D eigenvalue weighted by atomic mass is 10.4. The minimum atomic E-state index is -0.147. The molecular formula is C13H16ClN5OS. The van der Waals surface area contributed by atoms with Gasteiger partial charge in [-0.15, -0.1) is 10.2 Å². The Balaban J connectivity index is 1.94. The van der Waals surface area contributed by atoms with Crippen molar-refractivity contribution in [1.29, 1.82) is 0 Å². The number of rotatable bonds is 5. The highest BCUT2D eigenvalue weighted by Crippen LogP contribution is 2.21. The number of thioether (sulfide) groups is 1. The molecule has 0 fully saturated rings. The first-order chi connectivity index (χ1) is 9.97. The van der Waals surface area contributed by atoms with Crippen LogP contribution in [-0.2, 0) is 4.79 Å². The van der Waals surface area contributed by atoms with Crippen LogP contribution in [0.2, 0.25) is 5.02 Å². The standard InChI is InChI=1S/C13H16ClN5OS/c1-8(2)19-9(3)17-18-13(19)21-7-12(20)16-11-5-4-10(14)6-15-11/h4-6,8H,7H2,1-3H3,(H,15,16,20). The summed E-state index contributed by atoms with van der Waals surface area (Å²) in [6.07, 6.45) is 1.49. The highest BCUT2D eigenvalue weighted by atomic mass is 35.5. The molecule has 2 rings (SSSR count). The Morgan fingerprint density at radius 1 is 1.43 bits per heavy atom. The molecule has 2 heterocycles. The molecule has 0 saturated heterocycles. The Hall–Kier alpha value is -1.60. The van der Waals surface area contributed by atoms with Gasteiger partial charge in [-0.2, -0.15) is 0 Å². The van der Waals surface area contributed by atoms with Gasteiger partial charge in [0.05, 0.1) is 10.8 Å². The molecule has 2 aromatic rings. The number of aromatic nitrogens is 4. The molecule has 0 spiro atoms. The van der Waals surface area contributed by atoms with E-state index in [9.17, 15) is 4.79 Å². The fourth-order valence-corrected chi connectivity index (χ4v) is 2.83. The van der Waals surface area contributed by atoms with Crippen LogP contribution < -0.4 is 5.32 Å². The lowest BCUT2D eigenvalue weighted by Crippen LogP contribution is -2.15. The molecule has 0 aromatic carbocycles. The van der Waals surface area contributed by atoms with Gasteiger partial charge in [0, 0.05) is 12.2 Å². The zero-order valence-electron chi connectivity index (χ0n) is 12.0. The first-order valence-electron chi connectivity index (χ1n) is 6.43. The van der Waals surface area contributed by atoms with Crippen molar-refractivity contribution in [1.82, 2.24) is 19.7 Å². The van der Waals surface area contributed by atoms with Crippen LogP contribution in [0.1, 0.15) is 25.7 Å². The van der Waals surface area contributed by atoms with E-state index in [2.05, 4.69) is 34.3 Å². The molecule has 21 heavy (non-hydrogen) atoms. The summed E-state index contributed by atoms with van der Waals surface area (Å²) in [7, 11) is 0. The Morgan fingerprint density at radius 3 is 2.81 bits per heavy atom. The van der Waals surface area contributed by atoms with Crippen molar-refractivity contribution in [3.63, 3.8) is 0 Å². The number of aryl methyl sites for hydroxylation is 1. The number of nitrogens with zero attached hydrogens (tertiary/aromatic N) is 4. The number of pyridine rings is 1. The molecule has 6 nitrogen and oxygen atoms in total. The van der Waals surface area contributed by atoms with Gasteiger partial charge in [-0.3, -0.25) is 4.79 Å². The van der Waals surface area contributed by atoms with E-state index < -0.39 is 0 Å². The summed E-state index contributed by atoms with van der Waals surface area (Å²) in [4.78, 5) is 15.9. The maximum atomic E-state index is 11.9. The predicted octanol–water partition coefficient (Wildman–Crippen LogP) is 2.95. The Morgan fingerprint density at radius 2 is 2.19 bits per heavy atom. The molecule has 0 bridgehead atoms. The fraction of sp³-hybridized carbons (Fsp3) is 0.385. The number of hydrogen-bond acceptors (Lipinski definition) is 5. The molecular weight excluding hydrogens is 310 g/mol. The van der Waals surface area contributed by atoms with E-state index in [1.807, 2.05) is 11.5 Å². The van der Waals surface area contributed by atoms with Crippen molar-refractivity contribution < 1.29 is 4.79 Å². The van der Waals surface area contributed by atoms with Gasteiger partial charge in [0.1, 0.15) is 11.6 Å². The van der Waals surface area contributed by atoms with Crippen LogP contribution in [0.3, 0.4) is 0 Å². The molecule has 112 valence electrons. The molecule has 0 aliphatic heterocycles. The van der Waals surface area contributed by atoms with Gasteiger partial charge in [-0.1, -0.05) is 23.4 Å². The highest BCUT2D eigenvalue weighted by Gasteiger charge is 2.14. The second-order valence-electron chi connectivity index (χ2n) is 4.69. The number of carbonyl (C=O) groups is 1. The van der Waals surface area contributed by atoms with Gasteiger partial charge in [0.15, 0.2) is 5.16 Å². The first-order valence-corrected chi connectivity index (χ1v) is 7.79. The first kappa shape index (κ1) is 15.8. The van der Waals surface area contributed by atoms with Crippen LogP contribution in [-0.4, -0.2) is 31.4 Å². The number of hydrogen-bond donors (Lipinski definition) is 1. The lowest BCUT2D eigenvalue weighted by molar-refractivity contribution is -0.113. The van der Waals surface area contributed by atoms with E-state index in [0.717, 1.165) is 11.0 Å². The van der Waals surface area contributed by atoms with E-state index in [-0.39, 0.29) is 17.7 Å². The van der Waals surface area contributed by atoms with Crippen LogP contribution in [0.15, 0.2) is 23.5 Å². The highest BCUT2D eigenvalue weighted by molar-refractivity contribution is 7.99. The van der Waals surface area contributed by atoms with Gasteiger partial charge >= 0.3 is 0 Å². The number of carbonyl (C=O) groups excluding carboxylic acids is 1. The zero-order chi connectivity index (χ0) is 15.4. The molecule has 8 heteroatoms. The van der Waals surface area contributed by atoms with Crippen molar-refractivity contribution in [2.75, 3.05) is 11.1 Å². The van der Waals surface area contributed by atoms with Gasteiger partial charge in [0.25, 0.3) is 0 Å². The number of halogens is 1. The molecule has 0 unspecified atom stereocenters. The summed E-state index contributed by atoms with van der Waals surface area (Å²) in [5.74, 6) is 1.42. The van der Waals surface area contributed by atoms with Crippen LogP contribution in [0.5, 0.6) is 0 Å². The van der Waals surface area contributed by atoms with Crippen LogP contribution >= 0.6 is 23.4 Å². The SMILES string of the molecule is Cc1nnc(SCC(=O)Nc2ccc(Cl)cn2)n1C(C)C. The van der Waals surface area contributed by atoms with E-state index in [4.69, 9.17) is 11.6 Å². The summed E-state index contributed by atoms with van der Waals surface area (Å²) in [5, 5.41) is 12.1. The fourth-order valence-electron chi connectivity index (χ4n) is 1.80. The molecule has 0 radical (unpaired) electrons. The zero-order valence-corrected chi connectivity index (χ0v) is 13.6. The van der Waals surface area contributed by atoms with Crippen molar-refractivity contribution in [2.24, 2.45) is 0 Å². The summed E-state index contributed by atoms with van der Waals surface area (Å²) >= 11 is 7.09. The third kappa shape index (κ3) is 4.18. The van der Waals surface area contributed by atoms with Gasteiger partial charge in [-0.25, -0.2) is 4.98 Å². The minimum absolute atomic E-state index is 0.147. The van der Waals surface area contributed by atoms with Crippen LogP contribution in [0.4, 0.5) is 5.82 Å². The molecule has 0 aliphatic rings. The average molecular weight is 326 g/mol. The van der Waals surface area contributed by atoms with Crippen molar-refractivity contribution in [3.8, 4) is 0 Å². The third-order valence-corrected chi connectivity index (χ3v) is 3.85. The maximum absolute atomic E-state index is 11.9. The monoisotopic (exact) mass is 325 g/mol. The quantitative estimate of drug-likeness (QED) is 0.856. The minimum Gasteiger partial charge on any atom is -0.310 e. The summed E-state index contributed by atoms with van der Waals surface area (Å²) < 4.78 is 2.00. The molecule has 0 aliphatic carbocycles. The summed E-state index contributed by atoms with van der Waals surface area (Å²) in [6, 6.07) is 3.59.